The van der Waals surface area contributed by atoms with Crippen LogP contribution in [0, 0.1) is 5.82 Å². The van der Waals surface area contributed by atoms with E-state index in [0.29, 0.717) is 6.54 Å². The molecule has 0 saturated heterocycles. The molecule has 0 fully saturated rings. The van der Waals surface area contributed by atoms with Gasteiger partial charge in [-0.15, -0.1) is 0 Å². The second-order valence-electron chi connectivity index (χ2n) is 4.56. The molecule has 1 amide bonds. The minimum Gasteiger partial charge on any atom is -0.354 e. The van der Waals surface area contributed by atoms with E-state index in [4.69, 9.17) is 11.6 Å². The van der Waals surface area contributed by atoms with Crippen molar-refractivity contribution in [2.24, 2.45) is 0 Å². The molecule has 2 aromatic carbocycles. The summed E-state index contributed by atoms with van der Waals surface area (Å²) in [5.41, 5.74) is 1.30. The summed E-state index contributed by atoms with van der Waals surface area (Å²) in [7, 11) is 0. The standard InChI is InChI=1S/C16H14BrClFNO/c17-13(11-5-2-1-3-6-11)10-20-16(21)9-12-14(18)7-4-8-15(12)19/h1-8,13H,9-10H2,(H,20,21). The third-order valence-corrected chi connectivity index (χ3v) is 4.25. The maximum Gasteiger partial charge on any atom is 0.224 e. The summed E-state index contributed by atoms with van der Waals surface area (Å²) in [6.07, 6.45) is -0.0694. The van der Waals surface area contributed by atoms with Crippen LogP contribution in [-0.4, -0.2) is 12.5 Å². The summed E-state index contributed by atoms with van der Waals surface area (Å²) in [5.74, 6) is -0.724. The van der Waals surface area contributed by atoms with Gasteiger partial charge in [0.25, 0.3) is 0 Å². The van der Waals surface area contributed by atoms with Gasteiger partial charge in [0.2, 0.25) is 5.91 Å². The minimum absolute atomic E-state index is 0.0127. The largest absolute Gasteiger partial charge is 0.354 e. The van der Waals surface area contributed by atoms with Crippen LogP contribution in [0.25, 0.3) is 0 Å². The average molecular weight is 371 g/mol. The Kier molecular flexibility index (Phi) is 5.76. The monoisotopic (exact) mass is 369 g/mol. The molecule has 0 aliphatic carbocycles. The SMILES string of the molecule is O=C(Cc1c(F)cccc1Cl)NCC(Br)c1ccccc1. The van der Waals surface area contributed by atoms with Crippen molar-refractivity contribution in [2.45, 2.75) is 11.2 Å². The van der Waals surface area contributed by atoms with E-state index in [9.17, 15) is 9.18 Å². The molecule has 2 rings (SSSR count). The summed E-state index contributed by atoms with van der Waals surface area (Å²) in [5, 5.41) is 3.04. The Morgan fingerprint density at radius 3 is 2.57 bits per heavy atom. The van der Waals surface area contributed by atoms with Gasteiger partial charge in [-0.05, 0) is 17.7 Å². The Morgan fingerprint density at radius 2 is 1.90 bits per heavy atom. The normalized spacial score (nSPS) is 12.0. The zero-order valence-electron chi connectivity index (χ0n) is 11.2. The molecule has 2 aromatic rings. The van der Waals surface area contributed by atoms with Crippen LogP contribution in [0.15, 0.2) is 48.5 Å². The van der Waals surface area contributed by atoms with Crippen molar-refractivity contribution in [2.75, 3.05) is 6.54 Å². The van der Waals surface area contributed by atoms with Gasteiger partial charge in [-0.1, -0.05) is 63.9 Å². The average Bonchev–Trinajstić information content (AvgIpc) is 2.49. The van der Waals surface area contributed by atoms with Crippen molar-refractivity contribution in [3.8, 4) is 0 Å². The number of amides is 1. The molecule has 0 aromatic heterocycles. The third kappa shape index (κ3) is 4.55. The molecule has 1 atom stereocenters. The van der Waals surface area contributed by atoms with Crippen molar-refractivity contribution in [3.05, 3.63) is 70.5 Å². The number of nitrogens with one attached hydrogen (secondary N) is 1. The fraction of sp³-hybridized carbons (Fsp3) is 0.188. The summed E-state index contributed by atoms with van der Waals surface area (Å²) in [6.45, 7) is 0.426. The number of benzene rings is 2. The summed E-state index contributed by atoms with van der Waals surface area (Å²) >= 11 is 9.42. The lowest BCUT2D eigenvalue weighted by atomic mass is 10.1. The van der Waals surface area contributed by atoms with E-state index in [1.165, 1.54) is 12.1 Å². The highest BCUT2D eigenvalue weighted by Crippen LogP contribution is 2.22. The van der Waals surface area contributed by atoms with Gasteiger partial charge in [-0.25, -0.2) is 4.39 Å². The first-order valence-electron chi connectivity index (χ1n) is 6.46. The van der Waals surface area contributed by atoms with Crippen LogP contribution in [0.3, 0.4) is 0 Å². The fourth-order valence-corrected chi connectivity index (χ4v) is 2.60. The van der Waals surface area contributed by atoms with E-state index < -0.39 is 5.82 Å². The molecule has 21 heavy (non-hydrogen) atoms. The van der Waals surface area contributed by atoms with Crippen LogP contribution in [0.2, 0.25) is 5.02 Å². The molecule has 0 heterocycles. The van der Waals surface area contributed by atoms with Crippen LogP contribution in [0.1, 0.15) is 16.0 Å². The van der Waals surface area contributed by atoms with Crippen molar-refractivity contribution in [1.29, 1.82) is 0 Å². The van der Waals surface area contributed by atoms with E-state index >= 15 is 0 Å². The lowest BCUT2D eigenvalue weighted by molar-refractivity contribution is -0.120. The zero-order valence-corrected chi connectivity index (χ0v) is 13.5. The van der Waals surface area contributed by atoms with E-state index in [1.807, 2.05) is 30.3 Å². The van der Waals surface area contributed by atoms with Crippen LogP contribution >= 0.6 is 27.5 Å². The second-order valence-corrected chi connectivity index (χ2v) is 6.07. The molecular weight excluding hydrogens is 357 g/mol. The molecule has 0 radical (unpaired) electrons. The van der Waals surface area contributed by atoms with Gasteiger partial charge in [0, 0.05) is 17.1 Å². The Balaban J connectivity index is 1.91. The molecular formula is C16H14BrClFNO. The number of hydrogen-bond donors (Lipinski definition) is 1. The summed E-state index contributed by atoms with van der Waals surface area (Å²) in [4.78, 5) is 11.9. The van der Waals surface area contributed by atoms with Gasteiger partial charge in [0.15, 0.2) is 0 Å². The quantitative estimate of drug-likeness (QED) is 0.782. The highest BCUT2D eigenvalue weighted by atomic mass is 79.9. The van der Waals surface area contributed by atoms with E-state index in [2.05, 4.69) is 21.2 Å². The second kappa shape index (κ2) is 7.57. The number of rotatable bonds is 5. The van der Waals surface area contributed by atoms with E-state index in [1.54, 1.807) is 6.07 Å². The number of carbonyl (C=O) groups excluding carboxylic acids is 1. The van der Waals surface area contributed by atoms with Crippen molar-refractivity contribution < 1.29 is 9.18 Å². The molecule has 1 N–H and O–H groups in total. The van der Waals surface area contributed by atoms with Crippen LogP contribution in [0.4, 0.5) is 4.39 Å². The third-order valence-electron chi connectivity index (χ3n) is 3.04. The molecule has 0 bridgehead atoms. The topological polar surface area (TPSA) is 29.1 Å². The first kappa shape index (κ1) is 16.0. The summed E-state index contributed by atoms with van der Waals surface area (Å²) < 4.78 is 13.6. The molecule has 2 nitrogen and oxygen atoms in total. The van der Waals surface area contributed by atoms with E-state index in [0.717, 1.165) is 5.56 Å². The molecule has 0 saturated carbocycles. The molecule has 0 aliphatic heterocycles. The number of alkyl halides is 1. The van der Waals surface area contributed by atoms with Crippen LogP contribution < -0.4 is 5.32 Å². The number of hydrogen-bond acceptors (Lipinski definition) is 1. The smallest absolute Gasteiger partial charge is 0.224 e. The number of halogens is 3. The van der Waals surface area contributed by atoms with Crippen LogP contribution in [0.5, 0.6) is 0 Å². The first-order chi connectivity index (χ1) is 10.1. The van der Waals surface area contributed by atoms with Crippen LogP contribution in [-0.2, 0) is 11.2 Å². The maximum absolute atomic E-state index is 13.6. The van der Waals surface area contributed by atoms with Gasteiger partial charge in [-0.2, -0.15) is 0 Å². The van der Waals surface area contributed by atoms with Gasteiger partial charge < -0.3 is 5.32 Å². The Hall–Kier alpha value is -1.39. The molecule has 0 spiro atoms. The Bertz CT molecular complexity index is 601. The molecule has 1 unspecified atom stereocenters. The Labute approximate surface area is 136 Å². The van der Waals surface area contributed by atoms with E-state index in [-0.39, 0.29) is 27.7 Å². The number of carbonyl (C=O) groups is 1. The zero-order chi connectivity index (χ0) is 15.2. The lowest BCUT2D eigenvalue weighted by Crippen LogP contribution is -2.28. The molecule has 0 aliphatic rings. The van der Waals surface area contributed by atoms with Gasteiger partial charge in [-0.3, -0.25) is 4.79 Å². The van der Waals surface area contributed by atoms with Gasteiger partial charge in [0.05, 0.1) is 11.2 Å². The molecule has 5 heteroatoms. The van der Waals surface area contributed by atoms with Crippen molar-refractivity contribution in [3.63, 3.8) is 0 Å². The van der Waals surface area contributed by atoms with Gasteiger partial charge >= 0.3 is 0 Å². The predicted octanol–water partition coefficient (Wildman–Crippen LogP) is 4.27. The fourth-order valence-electron chi connectivity index (χ4n) is 1.91. The molecule has 110 valence electrons. The summed E-state index contributed by atoms with van der Waals surface area (Å²) in [6, 6.07) is 14.1. The van der Waals surface area contributed by atoms with Crippen molar-refractivity contribution in [1.82, 2.24) is 5.32 Å². The highest BCUT2D eigenvalue weighted by Gasteiger charge is 2.13. The van der Waals surface area contributed by atoms with Crippen molar-refractivity contribution >= 4 is 33.4 Å². The first-order valence-corrected chi connectivity index (χ1v) is 7.76. The predicted molar refractivity (Wildman–Crippen MR) is 86.2 cm³/mol. The highest BCUT2D eigenvalue weighted by molar-refractivity contribution is 9.09. The lowest BCUT2D eigenvalue weighted by Gasteiger charge is -2.12. The maximum atomic E-state index is 13.6. The van der Waals surface area contributed by atoms with Gasteiger partial charge in [0.1, 0.15) is 5.82 Å². The Morgan fingerprint density at radius 1 is 1.19 bits per heavy atom. The minimum atomic E-state index is -0.462.